The van der Waals surface area contributed by atoms with E-state index in [0.29, 0.717) is 30.1 Å². The maximum Gasteiger partial charge on any atom is 0.309 e. The highest BCUT2D eigenvalue weighted by Crippen LogP contribution is 2.74. The Morgan fingerprint density at radius 2 is 2.04 bits per heavy atom. The number of piperidine rings is 1. The zero-order valence-electron chi connectivity index (χ0n) is 17.1. The van der Waals surface area contributed by atoms with Crippen LogP contribution in [-0.2, 0) is 14.3 Å². The first-order valence-corrected chi connectivity index (χ1v) is 11.1. The Kier molecular flexibility index (Phi) is 3.33. The third-order valence-corrected chi connectivity index (χ3v) is 10.1. The van der Waals surface area contributed by atoms with Crippen LogP contribution in [0.4, 0.5) is 0 Å². The zero-order chi connectivity index (χ0) is 19.6. The van der Waals surface area contributed by atoms with Gasteiger partial charge < -0.3 is 9.84 Å². The van der Waals surface area contributed by atoms with Crippen molar-refractivity contribution >= 4 is 11.8 Å². The number of ether oxygens (including phenoxy) is 1. The molecule has 2 saturated heterocycles. The number of hydrogen-bond acceptors (Lipinski definition) is 5. The molecule has 9 atom stereocenters. The third-order valence-electron chi connectivity index (χ3n) is 10.1. The first-order chi connectivity index (χ1) is 13.3. The molecule has 2 bridgehead atoms. The summed E-state index contributed by atoms with van der Waals surface area (Å²) in [5.74, 6) is 0.856. The lowest BCUT2D eigenvalue weighted by molar-refractivity contribution is -0.159. The molecule has 0 aromatic rings. The van der Waals surface area contributed by atoms with E-state index in [1.807, 2.05) is 0 Å². The molecule has 0 aromatic heterocycles. The van der Waals surface area contributed by atoms with Crippen molar-refractivity contribution in [2.24, 2.45) is 40.4 Å². The van der Waals surface area contributed by atoms with Crippen molar-refractivity contribution in [3.63, 3.8) is 0 Å². The normalized spacial score (nSPS) is 54.0. The van der Waals surface area contributed by atoms with Gasteiger partial charge in [0.1, 0.15) is 5.78 Å². The number of nitrogens with zero attached hydrogens (tertiary/aromatic N) is 1. The van der Waals surface area contributed by atoms with Crippen molar-refractivity contribution in [3.05, 3.63) is 11.1 Å². The van der Waals surface area contributed by atoms with Crippen molar-refractivity contribution < 1.29 is 19.4 Å². The Morgan fingerprint density at radius 1 is 1.25 bits per heavy atom. The minimum Gasteiger partial charge on any atom is -0.469 e. The van der Waals surface area contributed by atoms with Crippen molar-refractivity contribution in [1.82, 2.24) is 4.90 Å². The monoisotopic (exact) mass is 385 g/mol. The fourth-order valence-electron chi connectivity index (χ4n) is 9.02. The molecule has 0 amide bonds. The van der Waals surface area contributed by atoms with E-state index in [-0.39, 0.29) is 29.1 Å². The van der Waals surface area contributed by atoms with Crippen LogP contribution in [0.2, 0.25) is 0 Å². The number of aliphatic hydroxyl groups is 1. The average molecular weight is 386 g/mol. The highest BCUT2D eigenvalue weighted by atomic mass is 16.5. The molecular formula is C23H31NO4. The highest BCUT2D eigenvalue weighted by molar-refractivity contribution is 5.95. The van der Waals surface area contributed by atoms with Gasteiger partial charge in [0.05, 0.1) is 24.5 Å². The summed E-state index contributed by atoms with van der Waals surface area (Å²) in [5, 5.41) is 11.2. The molecule has 2 aliphatic heterocycles. The topological polar surface area (TPSA) is 66.8 Å². The van der Waals surface area contributed by atoms with Crippen LogP contribution >= 0.6 is 0 Å². The van der Waals surface area contributed by atoms with Crippen LogP contribution in [0.5, 0.6) is 0 Å². The van der Waals surface area contributed by atoms with Gasteiger partial charge in [0.25, 0.3) is 0 Å². The molecule has 2 saturated carbocycles. The Hall–Kier alpha value is -1.20. The van der Waals surface area contributed by atoms with Gasteiger partial charge >= 0.3 is 5.97 Å². The number of ketones is 1. The number of methoxy groups -OCH3 is 1. The van der Waals surface area contributed by atoms with Crippen LogP contribution in [0.1, 0.15) is 46.0 Å². The van der Waals surface area contributed by atoms with Crippen LogP contribution in [-0.4, -0.2) is 54.1 Å². The number of hydrogen-bond donors (Lipinski definition) is 1. The number of carbonyl (C=O) groups excluding carboxylic acids is 2. The van der Waals surface area contributed by atoms with Crippen molar-refractivity contribution in [2.45, 2.75) is 58.1 Å². The van der Waals surface area contributed by atoms with E-state index in [0.717, 1.165) is 44.3 Å². The lowest BCUT2D eigenvalue weighted by Crippen LogP contribution is -2.64. The molecule has 0 aromatic carbocycles. The molecule has 6 rings (SSSR count). The maximum absolute atomic E-state index is 14.3. The van der Waals surface area contributed by atoms with Crippen molar-refractivity contribution in [2.75, 3.05) is 20.2 Å². The van der Waals surface area contributed by atoms with Gasteiger partial charge in [-0.25, -0.2) is 0 Å². The first kappa shape index (κ1) is 17.6. The molecule has 0 unspecified atom stereocenters. The Morgan fingerprint density at radius 3 is 2.79 bits per heavy atom. The molecule has 5 nitrogen and oxygen atoms in total. The number of aliphatic hydroxyl groups excluding tert-OH is 1. The molecule has 2 heterocycles. The Bertz CT molecular complexity index is 819. The minimum absolute atomic E-state index is 0.0832. The summed E-state index contributed by atoms with van der Waals surface area (Å²) in [4.78, 5) is 29.7. The number of esters is 1. The van der Waals surface area contributed by atoms with Gasteiger partial charge in [0.2, 0.25) is 0 Å². The van der Waals surface area contributed by atoms with Gasteiger partial charge in [-0.1, -0.05) is 19.4 Å². The number of rotatable bonds is 1. The van der Waals surface area contributed by atoms with Crippen LogP contribution in [0, 0.1) is 40.4 Å². The van der Waals surface area contributed by atoms with Gasteiger partial charge in [-0.15, -0.1) is 0 Å². The molecule has 1 N–H and O–H groups in total. The summed E-state index contributed by atoms with van der Waals surface area (Å²) >= 11 is 0. The predicted molar refractivity (Wildman–Crippen MR) is 102 cm³/mol. The van der Waals surface area contributed by atoms with E-state index in [9.17, 15) is 14.7 Å². The standard InChI is InChI=1S/C23H31NO4/c1-11-9-24-10-12-6-17(25)14-5-4-13-16(21(27)28-3)8-23(19(13)14)20(26)15(11)7-18(24)22(12,23)2/h11-13,15-18,25H,4-10H2,1-3H3/t11-,12-,13-,15+,16-,17-,18-,22-,23+/m1/s1. The lowest BCUT2D eigenvalue weighted by atomic mass is 9.45. The zero-order valence-corrected chi connectivity index (χ0v) is 17.1. The number of allylic oxidation sites excluding steroid dienone is 1. The molecule has 4 fully saturated rings. The summed E-state index contributed by atoms with van der Waals surface area (Å²) in [6, 6.07) is 0.396. The second-order valence-electron chi connectivity index (χ2n) is 10.7. The number of fused-ring (bicyclic) bond motifs is 1. The van der Waals surface area contributed by atoms with E-state index in [4.69, 9.17) is 4.74 Å². The van der Waals surface area contributed by atoms with Crippen LogP contribution < -0.4 is 0 Å². The summed E-state index contributed by atoms with van der Waals surface area (Å²) in [6.07, 6.45) is 3.60. The van der Waals surface area contributed by atoms with Crippen molar-refractivity contribution in [1.29, 1.82) is 0 Å². The summed E-state index contributed by atoms with van der Waals surface area (Å²) < 4.78 is 5.20. The van der Waals surface area contributed by atoms with Crippen molar-refractivity contribution in [3.8, 4) is 0 Å². The molecule has 0 radical (unpaired) electrons. The molecule has 4 aliphatic carbocycles. The molecule has 6 aliphatic rings. The maximum atomic E-state index is 14.3. The van der Waals surface area contributed by atoms with E-state index < -0.39 is 11.5 Å². The van der Waals surface area contributed by atoms with Gasteiger partial charge in [-0.3, -0.25) is 14.5 Å². The van der Waals surface area contributed by atoms with E-state index in [2.05, 4.69) is 18.7 Å². The lowest BCUT2D eigenvalue weighted by Gasteiger charge is -2.59. The molecule has 5 heteroatoms. The second-order valence-corrected chi connectivity index (χ2v) is 10.7. The number of carbonyl (C=O) groups is 2. The minimum atomic E-state index is -0.568. The summed E-state index contributed by atoms with van der Waals surface area (Å²) in [7, 11) is 1.47. The van der Waals surface area contributed by atoms with Gasteiger partial charge in [0, 0.05) is 30.5 Å². The third kappa shape index (κ3) is 1.67. The average Bonchev–Trinajstić information content (AvgIpc) is 3.30. The highest BCUT2D eigenvalue weighted by Gasteiger charge is 2.76. The van der Waals surface area contributed by atoms with E-state index in [1.165, 1.54) is 12.7 Å². The summed E-state index contributed by atoms with van der Waals surface area (Å²) in [5.41, 5.74) is 1.56. The van der Waals surface area contributed by atoms with Gasteiger partial charge in [-0.2, -0.15) is 0 Å². The van der Waals surface area contributed by atoms with Crippen LogP contribution in [0.15, 0.2) is 11.1 Å². The van der Waals surface area contributed by atoms with Gasteiger partial charge in [-0.05, 0) is 55.4 Å². The fourth-order valence-corrected chi connectivity index (χ4v) is 9.02. The second kappa shape index (κ2) is 5.28. The largest absolute Gasteiger partial charge is 0.469 e. The molecular weight excluding hydrogens is 354 g/mol. The SMILES string of the molecule is COC(=O)[C@@H]1C[C@@]23C(=O)[C@H]4C[C@H]5N(C[C@@H](C[C@@H](O)C6=C2[C@@H]1CC6)[C@]53C)C[C@H]4C. The van der Waals surface area contributed by atoms with E-state index >= 15 is 0 Å². The Balaban J connectivity index is 1.64. The van der Waals surface area contributed by atoms with Crippen LogP contribution in [0.3, 0.4) is 0 Å². The quantitative estimate of drug-likeness (QED) is 0.554. The van der Waals surface area contributed by atoms with E-state index in [1.54, 1.807) is 0 Å². The Labute approximate surface area is 166 Å². The molecule has 152 valence electrons. The van der Waals surface area contributed by atoms with Gasteiger partial charge in [0.15, 0.2) is 0 Å². The molecule has 1 spiro atoms. The molecule has 28 heavy (non-hydrogen) atoms. The fraction of sp³-hybridized carbons (Fsp3) is 0.826. The first-order valence-electron chi connectivity index (χ1n) is 11.1. The predicted octanol–water partition coefficient (Wildman–Crippen LogP) is 2.18. The van der Waals surface area contributed by atoms with Crippen LogP contribution in [0.25, 0.3) is 0 Å². The summed E-state index contributed by atoms with van der Waals surface area (Å²) in [6.45, 7) is 6.55. The smallest absolute Gasteiger partial charge is 0.309 e. The number of Topliss-reactive ketones (excluding diaryl/α,β-unsaturated/α-hetero) is 1.